The SMILES string of the molecule is CC(C)Oc1ccc(N(C)CC(O)C2(O)CCN(Cc3ccc(C(F)(F)F)cc3)CC2)cc1.Cl.Cl. The number of rotatable bonds is 8. The highest BCUT2D eigenvalue weighted by Crippen LogP contribution is 2.31. The van der Waals surface area contributed by atoms with Gasteiger partial charge >= 0.3 is 6.18 Å². The van der Waals surface area contributed by atoms with E-state index in [-0.39, 0.29) is 37.5 Å². The number of hydrogen-bond donors (Lipinski definition) is 2. The van der Waals surface area contributed by atoms with Crippen LogP contribution in [0.5, 0.6) is 5.75 Å². The van der Waals surface area contributed by atoms with Crippen molar-refractivity contribution in [2.45, 2.75) is 57.2 Å². The molecule has 35 heavy (non-hydrogen) atoms. The van der Waals surface area contributed by atoms with Gasteiger partial charge in [0.05, 0.1) is 17.3 Å². The van der Waals surface area contributed by atoms with Gasteiger partial charge in [0.2, 0.25) is 0 Å². The zero-order valence-corrected chi connectivity index (χ0v) is 21.8. The van der Waals surface area contributed by atoms with E-state index in [1.807, 2.05) is 50.1 Å². The third-order valence-corrected chi connectivity index (χ3v) is 6.13. The number of hydrogen-bond acceptors (Lipinski definition) is 5. The second-order valence-electron chi connectivity index (χ2n) is 9.13. The van der Waals surface area contributed by atoms with Gasteiger partial charge in [0, 0.05) is 38.9 Å². The van der Waals surface area contributed by atoms with E-state index in [0.717, 1.165) is 29.1 Å². The van der Waals surface area contributed by atoms with Gasteiger partial charge in [0.1, 0.15) is 11.9 Å². The Kier molecular flexibility index (Phi) is 11.6. The van der Waals surface area contributed by atoms with Gasteiger partial charge in [-0.05, 0) is 68.7 Å². The number of piperidine rings is 1. The third-order valence-electron chi connectivity index (χ3n) is 6.13. The number of likely N-dealkylation sites (N-methyl/N-ethyl adjacent to an activating group) is 1. The van der Waals surface area contributed by atoms with Crippen molar-refractivity contribution < 1.29 is 28.1 Å². The molecule has 1 aliphatic rings. The average Bonchev–Trinajstić information content (AvgIpc) is 2.75. The van der Waals surface area contributed by atoms with Gasteiger partial charge in [-0.2, -0.15) is 13.2 Å². The van der Waals surface area contributed by atoms with Crippen LogP contribution in [0.15, 0.2) is 48.5 Å². The number of ether oxygens (including phenoxy) is 1. The number of halogens is 5. The molecule has 0 radical (unpaired) electrons. The van der Waals surface area contributed by atoms with Gasteiger partial charge in [-0.3, -0.25) is 4.90 Å². The lowest BCUT2D eigenvalue weighted by Crippen LogP contribution is -2.54. The molecular weight excluding hydrogens is 504 g/mol. The molecule has 1 heterocycles. The molecule has 0 aromatic heterocycles. The summed E-state index contributed by atoms with van der Waals surface area (Å²) in [6.07, 6.45) is -4.39. The second-order valence-corrected chi connectivity index (χ2v) is 9.13. The lowest BCUT2D eigenvalue weighted by Gasteiger charge is -2.42. The summed E-state index contributed by atoms with van der Waals surface area (Å²) in [5, 5.41) is 21.8. The summed E-state index contributed by atoms with van der Waals surface area (Å²) in [6.45, 7) is 5.83. The Hall–Kier alpha value is -1.71. The fraction of sp³-hybridized carbons (Fsp3) is 0.520. The number of anilines is 1. The van der Waals surface area contributed by atoms with Crippen LogP contribution < -0.4 is 9.64 Å². The Morgan fingerprint density at radius 2 is 1.54 bits per heavy atom. The maximum atomic E-state index is 12.7. The molecule has 1 aliphatic heterocycles. The summed E-state index contributed by atoms with van der Waals surface area (Å²) in [4.78, 5) is 3.98. The number of nitrogens with zero attached hydrogens (tertiary/aromatic N) is 2. The van der Waals surface area contributed by atoms with Crippen LogP contribution in [0, 0.1) is 0 Å². The highest BCUT2D eigenvalue weighted by Gasteiger charge is 2.39. The van der Waals surface area contributed by atoms with Crippen molar-refractivity contribution in [3.8, 4) is 5.75 Å². The van der Waals surface area contributed by atoms with Crippen LogP contribution in [0.4, 0.5) is 18.9 Å². The molecule has 2 aromatic carbocycles. The first-order chi connectivity index (χ1) is 15.5. The molecule has 3 rings (SSSR count). The number of aliphatic hydroxyl groups is 2. The van der Waals surface area contributed by atoms with Crippen LogP contribution >= 0.6 is 24.8 Å². The first-order valence-corrected chi connectivity index (χ1v) is 11.2. The Labute approximate surface area is 217 Å². The number of benzene rings is 2. The van der Waals surface area contributed by atoms with Crippen molar-refractivity contribution in [1.82, 2.24) is 4.90 Å². The molecule has 1 atom stereocenters. The highest BCUT2D eigenvalue weighted by atomic mass is 35.5. The molecule has 2 N–H and O–H groups in total. The highest BCUT2D eigenvalue weighted by molar-refractivity contribution is 5.85. The number of aliphatic hydroxyl groups excluding tert-OH is 1. The first kappa shape index (κ1) is 31.3. The maximum Gasteiger partial charge on any atom is 0.416 e. The predicted molar refractivity (Wildman–Crippen MR) is 137 cm³/mol. The molecule has 10 heteroatoms. The standard InChI is InChI=1S/C25H33F3N2O3.2ClH/c1-18(2)33-22-10-8-21(9-11-22)29(3)17-23(31)24(32)12-14-30(15-13-24)16-19-4-6-20(7-5-19)25(26,27)28;;/h4-11,18,23,31-32H,12-17H2,1-3H3;2*1H. The molecule has 1 unspecified atom stereocenters. The maximum absolute atomic E-state index is 12.7. The van der Waals surface area contributed by atoms with Crippen LogP contribution in [-0.4, -0.2) is 59.6 Å². The van der Waals surface area contributed by atoms with Crippen LogP contribution in [0.2, 0.25) is 0 Å². The van der Waals surface area contributed by atoms with E-state index in [1.54, 1.807) is 0 Å². The van der Waals surface area contributed by atoms with E-state index in [1.165, 1.54) is 12.1 Å². The average molecular weight is 539 g/mol. The summed E-state index contributed by atoms with van der Waals surface area (Å²) >= 11 is 0. The first-order valence-electron chi connectivity index (χ1n) is 11.2. The Morgan fingerprint density at radius 1 is 1.00 bits per heavy atom. The van der Waals surface area contributed by atoms with Crippen LogP contribution in [0.25, 0.3) is 0 Å². The van der Waals surface area contributed by atoms with E-state index in [4.69, 9.17) is 4.74 Å². The Morgan fingerprint density at radius 3 is 2.03 bits per heavy atom. The zero-order chi connectivity index (χ0) is 24.2. The van der Waals surface area contributed by atoms with E-state index in [2.05, 4.69) is 4.90 Å². The topological polar surface area (TPSA) is 56.2 Å². The van der Waals surface area contributed by atoms with Gasteiger partial charge in [0.15, 0.2) is 0 Å². The summed E-state index contributed by atoms with van der Waals surface area (Å²) in [5.74, 6) is 0.779. The van der Waals surface area contributed by atoms with Gasteiger partial charge in [-0.25, -0.2) is 0 Å². The molecule has 2 aromatic rings. The van der Waals surface area contributed by atoms with Crippen LogP contribution in [-0.2, 0) is 12.7 Å². The van der Waals surface area contributed by atoms with Crippen LogP contribution in [0.1, 0.15) is 37.8 Å². The third kappa shape index (κ3) is 8.72. The smallest absolute Gasteiger partial charge is 0.416 e. The molecular formula is C25H35Cl2F3N2O3. The van der Waals surface area contributed by atoms with Crippen LogP contribution in [0.3, 0.4) is 0 Å². The summed E-state index contributed by atoms with van der Waals surface area (Å²) in [6, 6.07) is 12.8. The quantitative estimate of drug-likeness (QED) is 0.486. The summed E-state index contributed by atoms with van der Waals surface area (Å²) in [5.41, 5.74) is -0.160. The minimum atomic E-state index is -4.34. The monoisotopic (exact) mass is 538 g/mol. The summed E-state index contributed by atoms with van der Waals surface area (Å²) < 4.78 is 43.8. The lowest BCUT2D eigenvalue weighted by atomic mass is 9.85. The Balaban J connectivity index is 0.00000306. The van der Waals surface area contributed by atoms with Gasteiger partial charge in [-0.15, -0.1) is 24.8 Å². The van der Waals surface area contributed by atoms with E-state index in [9.17, 15) is 23.4 Å². The molecule has 1 fully saturated rings. The molecule has 0 spiro atoms. The van der Waals surface area contributed by atoms with Crippen molar-refractivity contribution >= 4 is 30.5 Å². The summed E-state index contributed by atoms with van der Waals surface area (Å²) in [7, 11) is 1.87. The van der Waals surface area contributed by atoms with Gasteiger partial charge in [-0.1, -0.05) is 12.1 Å². The number of alkyl halides is 3. The van der Waals surface area contributed by atoms with Gasteiger partial charge in [0.25, 0.3) is 0 Å². The minimum Gasteiger partial charge on any atom is -0.491 e. The van der Waals surface area contributed by atoms with E-state index in [0.29, 0.717) is 32.5 Å². The molecule has 1 saturated heterocycles. The predicted octanol–water partition coefficient (Wildman–Crippen LogP) is 5.16. The van der Waals surface area contributed by atoms with Crippen molar-refractivity contribution in [2.24, 2.45) is 0 Å². The molecule has 0 saturated carbocycles. The molecule has 198 valence electrons. The van der Waals surface area contributed by atoms with Crippen molar-refractivity contribution in [2.75, 3.05) is 31.6 Å². The number of likely N-dealkylation sites (tertiary alicyclic amines) is 1. The fourth-order valence-electron chi connectivity index (χ4n) is 4.08. The lowest BCUT2D eigenvalue weighted by molar-refractivity contribution is -0.137. The van der Waals surface area contributed by atoms with Crippen molar-refractivity contribution in [3.63, 3.8) is 0 Å². The van der Waals surface area contributed by atoms with Gasteiger partial charge < -0.3 is 19.8 Å². The largest absolute Gasteiger partial charge is 0.491 e. The molecule has 0 bridgehead atoms. The molecule has 5 nitrogen and oxygen atoms in total. The zero-order valence-electron chi connectivity index (χ0n) is 20.2. The van der Waals surface area contributed by atoms with E-state index < -0.39 is 23.4 Å². The molecule has 0 aliphatic carbocycles. The molecule has 0 amide bonds. The Bertz CT molecular complexity index is 888. The fourth-order valence-corrected chi connectivity index (χ4v) is 4.08. The minimum absolute atomic E-state index is 0. The second kappa shape index (κ2) is 13.0. The van der Waals surface area contributed by atoms with Crippen molar-refractivity contribution in [1.29, 1.82) is 0 Å². The normalized spacial score (nSPS) is 16.7. The van der Waals surface area contributed by atoms with Crippen molar-refractivity contribution in [3.05, 3.63) is 59.7 Å². The van der Waals surface area contributed by atoms with E-state index >= 15 is 0 Å².